The second-order valence-corrected chi connectivity index (χ2v) is 5.36. The third-order valence-electron chi connectivity index (χ3n) is 1.80. The van der Waals surface area contributed by atoms with Crippen molar-refractivity contribution in [1.82, 2.24) is 10.6 Å². The topological polar surface area (TPSA) is 58.2 Å². The summed E-state index contributed by atoms with van der Waals surface area (Å²) in [4.78, 5) is 22.6. The van der Waals surface area contributed by atoms with Gasteiger partial charge in [-0.05, 0) is 5.41 Å². The molecule has 0 rings (SSSR count). The molecule has 0 saturated heterocycles. The van der Waals surface area contributed by atoms with Crippen molar-refractivity contribution in [3.8, 4) is 0 Å². The molecule has 16 heavy (non-hydrogen) atoms. The molecule has 0 aliphatic rings. The van der Waals surface area contributed by atoms with Crippen molar-refractivity contribution >= 4 is 24.4 Å². The van der Waals surface area contributed by atoms with Crippen LogP contribution < -0.4 is 10.6 Å². The first kappa shape index (κ1) is 15.3. The summed E-state index contributed by atoms with van der Waals surface area (Å²) >= 11 is 3.98. The fourth-order valence-corrected chi connectivity index (χ4v) is 1.26. The van der Waals surface area contributed by atoms with Gasteiger partial charge in [0.1, 0.15) is 0 Å². The Kier molecular flexibility index (Phi) is 7.21. The van der Waals surface area contributed by atoms with Crippen LogP contribution in [0.2, 0.25) is 0 Å². The average molecular weight is 246 g/mol. The van der Waals surface area contributed by atoms with Gasteiger partial charge in [0.05, 0.1) is 0 Å². The smallest absolute Gasteiger partial charge is 0.221 e. The Bertz CT molecular complexity index is 237. The molecule has 4 nitrogen and oxygen atoms in total. The summed E-state index contributed by atoms with van der Waals surface area (Å²) in [5.74, 6) is 0.571. The lowest BCUT2D eigenvalue weighted by molar-refractivity contribution is -0.123. The van der Waals surface area contributed by atoms with Crippen molar-refractivity contribution in [2.45, 2.75) is 33.6 Å². The molecule has 2 amide bonds. The molecule has 0 spiro atoms. The van der Waals surface area contributed by atoms with Crippen LogP contribution in [0.15, 0.2) is 0 Å². The Balaban J connectivity index is 3.58. The molecule has 0 bridgehead atoms. The maximum Gasteiger partial charge on any atom is 0.221 e. The summed E-state index contributed by atoms with van der Waals surface area (Å²) in [6.45, 7) is 6.98. The fourth-order valence-electron chi connectivity index (χ4n) is 1.14. The van der Waals surface area contributed by atoms with E-state index in [9.17, 15) is 9.59 Å². The van der Waals surface area contributed by atoms with Gasteiger partial charge in [-0.3, -0.25) is 9.59 Å². The third-order valence-corrected chi connectivity index (χ3v) is 2.02. The molecule has 0 aliphatic heterocycles. The highest BCUT2D eigenvalue weighted by Crippen LogP contribution is 2.17. The molecule has 0 aromatic rings. The average Bonchev–Trinajstić information content (AvgIpc) is 2.11. The molecule has 0 atom stereocenters. The van der Waals surface area contributed by atoms with Gasteiger partial charge in [0, 0.05) is 31.7 Å². The number of amides is 2. The summed E-state index contributed by atoms with van der Waals surface area (Å²) in [5.41, 5.74) is -0.0155. The van der Waals surface area contributed by atoms with Gasteiger partial charge in [0.15, 0.2) is 0 Å². The highest BCUT2D eigenvalue weighted by molar-refractivity contribution is 7.80. The van der Waals surface area contributed by atoms with Crippen molar-refractivity contribution in [3.05, 3.63) is 0 Å². The van der Waals surface area contributed by atoms with Crippen LogP contribution in [-0.2, 0) is 9.59 Å². The molecule has 0 aromatic heterocycles. The van der Waals surface area contributed by atoms with E-state index >= 15 is 0 Å². The third kappa shape index (κ3) is 9.83. The van der Waals surface area contributed by atoms with Crippen LogP contribution in [-0.4, -0.2) is 30.7 Å². The summed E-state index contributed by atoms with van der Waals surface area (Å²) in [7, 11) is 0. The van der Waals surface area contributed by atoms with Gasteiger partial charge >= 0.3 is 0 Å². The van der Waals surface area contributed by atoms with Crippen LogP contribution in [0.1, 0.15) is 33.6 Å². The number of hydrogen-bond acceptors (Lipinski definition) is 3. The summed E-state index contributed by atoms with van der Waals surface area (Å²) < 4.78 is 0. The first-order valence-electron chi connectivity index (χ1n) is 5.49. The Morgan fingerprint density at radius 3 is 2.12 bits per heavy atom. The van der Waals surface area contributed by atoms with E-state index in [1.54, 1.807) is 0 Å². The molecule has 94 valence electrons. The monoisotopic (exact) mass is 246 g/mol. The minimum Gasteiger partial charge on any atom is -0.356 e. The lowest BCUT2D eigenvalue weighted by Crippen LogP contribution is -2.33. The zero-order chi connectivity index (χ0) is 12.6. The second kappa shape index (κ2) is 7.54. The van der Waals surface area contributed by atoms with E-state index in [1.807, 2.05) is 20.8 Å². The molecule has 0 radical (unpaired) electrons. The Morgan fingerprint density at radius 2 is 1.62 bits per heavy atom. The zero-order valence-electron chi connectivity index (χ0n) is 10.3. The van der Waals surface area contributed by atoms with Crippen LogP contribution >= 0.6 is 12.6 Å². The van der Waals surface area contributed by atoms with Crippen molar-refractivity contribution in [3.63, 3.8) is 0 Å². The molecule has 2 N–H and O–H groups in total. The standard InChI is InChI=1S/C11H22N2O2S/c1-11(2,3)8-10(15)12-5-4-9(14)13-6-7-16/h16H,4-8H2,1-3H3,(H,12,15)(H,13,14). The predicted molar refractivity (Wildman–Crippen MR) is 68.6 cm³/mol. The van der Waals surface area contributed by atoms with E-state index in [2.05, 4.69) is 23.3 Å². The van der Waals surface area contributed by atoms with E-state index in [4.69, 9.17) is 0 Å². The second-order valence-electron chi connectivity index (χ2n) is 4.91. The molecule has 0 fully saturated rings. The summed E-state index contributed by atoms with van der Waals surface area (Å²) in [6, 6.07) is 0. The van der Waals surface area contributed by atoms with Gasteiger partial charge in [-0.25, -0.2) is 0 Å². The number of rotatable bonds is 6. The molecule has 0 aliphatic carbocycles. The summed E-state index contributed by atoms with van der Waals surface area (Å²) in [6.07, 6.45) is 0.801. The number of carbonyl (C=O) groups excluding carboxylic acids is 2. The highest BCUT2D eigenvalue weighted by Gasteiger charge is 2.15. The quantitative estimate of drug-likeness (QED) is 0.612. The van der Waals surface area contributed by atoms with Crippen molar-refractivity contribution in [1.29, 1.82) is 0 Å². The van der Waals surface area contributed by atoms with Gasteiger partial charge in [-0.1, -0.05) is 20.8 Å². The molecule has 0 saturated carbocycles. The molecule has 0 heterocycles. The van der Waals surface area contributed by atoms with E-state index in [-0.39, 0.29) is 17.2 Å². The maximum absolute atomic E-state index is 11.4. The van der Waals surface area contributed by atoms with Crippen LogP contribution in [0.3, 0.4) is 0 Å². The SMILES string of the molecule is CC(C)(C)CC(=O)NCCC(=O)NCCS. The number of thiol groups is 1. The van der Waals surface area contributed by atoms with E-state index in [0.29, 0.717) is 31.7 Å². The van der Waals surface area contributed by atoms with Crippen LogP contribution in [0.4, 0.5) is 0 Å². The summed E-state index contributed by atoms with van der Waals surface area (Å²) in [5, 5.41) is 5.42. The van der Waals surface area contributed by atoms with Crippen molar-refractivity contribution < 1.29 is 9.59 Å². The zero-order valence-corrected chi connectivity index (χ0v) is 11.2. The minimum absolute atomic E-state index is 0.00510. The van der Waals surface area contributed by atoms with E-state index < -0.39 is 0 Å². The molecule has 0 unspecified atom stereocenters. The fraction of sp³-hybridized carbons (Fsp3) is 0.818. The first-order valence-corrected chi connectivity index (χ1v) is 6.12. The highest BCUT2D eigenvalue weighted by atomic mass is 32.1. The largest absolute Gasteiger partial charge is 0.356 e. The Labute approximate surface area is 103 Å². The number of nitrogens with one attached hydrogen (secondary N) is 2. The molecular formula is C11H22N2O2S. The molecule has 5 heteroatoms. The lowest BCUT2D eigenvalue weighted by atomic mass is 9.92. The van der Waals surface area contributed by atoms with E-state index in [1.165, 1.54) is 0 Å². The maximum atomic E-state index is 11.4. The molecule has 0 aromatic carbocycles. The van der Waals surface area contributed by atoms with E-state index in [0.717, 1.165) is 0 Å². The number of hydrogen-bond donors (Lipinski definition) is 3. The van der Waals surface area contributed by atoms with Gasteiger partial charge in [-0.15, -0.1) is 0 Å². The van der Waals surface area contributed by atoms with Crippen LogP contribution in [0, 0.1) is 5.41 Å². The van der Waals surface area contributed by atoms with Gasteiger partial charge in [0.25, 0.3) is 0 Å². The van der Waals surface area contributed by atoms with Crippen LogP contribution in [0.25, 0.3) is 0 Å². The number of carbonyl (C=O) groups is 2. The normalized spacial score (nSPS) is 11.0. The Hall–Kier alpha value is -0.710. The van der Waals surface area contributed by atoms with Crippen molar-refractivity contribution in [2.75, 3.05) is 18.8 Å². The van der Waals surface area contributed by atoms with Gasteiger partial charge in [-0.2, -0.15) is 12.6 Å². The van der Waals surface area contributed by atoms with Crippen LogP contribution in [0.5, 0.6) is 0 Å². The van der Waals surface area contributed by atoms with Gasteiger partial charge < -0.3 is 10.6 Å². The Morgan fingerprint density at radius 1 is 1.06 bits per heavy atom. The minimum atomic E-state index is -0.0508. The molecular weight excluding hydrogens is 224 g/mol. The predicted octanol–water partition coefficient (Wildman–Crippen LogP) is 0.975. The van der Waals surface area contributed by atoms with Gasteiger partial charge in [0.2, 0.25) is 11.8 Å². The van der Waals surface area contributed by atoms with Crippen molar-refractivity contribution in [2.24, 2.45) is 5.41 Å². The lowest BCUT2D eigenvalue weighted by Gasteiger charge is -2.17. The first-order chi connectivity index (χ1) is 7.35.